The molecule has 2 unspecified atom stereocenters. The number of epoxide rings is 1. The highest BCUT2D eigenvalue weighted by molar-refractivity contribution is 5.48. The second-order valence-electron chi connectivity index (χ2n) is 6.28. The van der Waals surface area contributed by atoms with Crippen LogP contribution in [-0.4, -0.2) is 25.8 Å². The van der Waals surface area contributed by atoms with Crippen molar-refractivity contribution in [2.75, 3.05) is 24.6 Å². The number of hydrogen-bond donors (Lipinski definition) is 0. The van der Waals surface area contributed by atoms with Gasteiger partial charge in [0.05, 0.1) is 12.7 Å². The van der Waals surface area contributed by atoms with Crippen LogP contribution in [-0.2, 0) is 11.2 Å². The summed E-state index contributed by atoms with van der Waals surface area (Å²) in [7, 11) is 0. The van der Waals surface area contributed by atoms with Crippen molar-refractivity contribution >= 4 is 5.69 Å². The Labute approximate surface area is 135 Å². The second-order valence-corrected chi connectivity index (χ2v) is 6.28. The Balaban J connectivity index is 2.05. The van der Waals surface area contributed by atoms with Crippen molar-refractivity contribution < 1.29 is 4.74 Å². The van der Waals surface area contributed by atoms with E-state index in [-0.39, 0.29) is 0 Å². The first-order valence-electron chi connectivity index (χ1n) is 8.39. The summed E-state index contributed by atoms with van der Waals surface area (Å²) in [4.78, 5) is 2.47. The van der Waals surface area contributed by atoms with E-state index >= 15 is 0 Å². The lowest BCUT2D eigenvalue weighted by Gasteiger charge is -2.27. The quantitative estimate of drug-likeness (QED) is 0.489. The van der Waals surface area contributed by atoms with E-state index in [1.165, 1.54) is 23.2 Å². The number of anilines is 1. The summed E-state index contributed by atoms with van der Waals surface area (Å²) in [5.41, 5.74) is 3.92. The Bertz CT molecular complexity index is 499. The fraction of sp³-hybridized carbons (Fsp3) is 0.500. The highest BCUT2D eigenvalue weighted by Crippen LogP contribution is 2.22. The van der Waals surface area contributed by atoms with Gasteiger partial charge in [0.15, 0.2) is 0 Å². The Kier molecular flexibility index (Phi) is 6.26. The van der Waals surface area contributed by atoms with Crippen LogP contribution >= 0.6 is 0 Å². The van der Waals surface area contributed by atoms with Gasteiger partial charge in [-0.15, -0.1) is 0 Å². The summed E-state index contributed by atoms with van der Waals surface area (Å²) < 4.78 is 5.42. The normalized spacial score (nSPS) is 18.9. The van der Waals surface area contributed by atoms with Crippen molar-refractivity contribution in [3.8, 4) is 0 Å². The Morgan fingerprint density at radius 2 is 2.09 bits per heavy atom. The maximum Gasteiger partial charge on any atom is 0.0984 e. The molecule has 0 aromatic heterocycles. The van der Waals surface area contributed by atoms with E-state index in [0.717, 1.165) is 26.1 Å². The number of nitrogens with zero attached hydrogens (tertiary/aromatic N) is 1. The van der Waals surface area contributed by atoms with Gasteiger partial charge in [0.2, 0.25) is 0 Å². The summed E-state index contributed by atoms with van der Waals surface area (Å²) in [6.45, 7) is 13.5. The van der Waals surface area contributed by atoms with Crippen LogP contribution in [0.3, 0.4) is 0 Å². The first kappa shape index (κ1) is 16.8. The van der Waals surface area contributed by atoms with Crippen molar-refractivity contribution in [1.29, 1.82) is 0 Å². The van der Waals surface area contributed by atoms with E-state index in [0.29, 0.717) is 12.0 Å². The molecule has 1 heterocycles. The van der Waals surface area contributed by atoms with E-state index in [9.17, 15) is 0 Å². The smallest absolute Gasteiger partial charge is 0.0984 e. The predicted molar refractivity (Wildman–Crippen MR) is 95.5 cm³/mol. The molecule has 1 fully saturated rings. The average molecular weight is 299 g/mol. The Hall–Kier alpha value is -1.54. The van der Waals surface area contributed by atoms with Gasteiger partial charge in [-0.2, -0.15) is 0 Å². The van der Waals surface area contributed by atoms with Crippen LogP contribution < -0.4 is 4.90 Å². The second kappa shape index (κ2) is 8.19. The molecule has 0 spiro atoms. The Morgan fingerprint density at radius 3 is 2.59 bits per heavy atom. The van der Waals surface area contributed by atoms with E-state index in [1.54, 1.807) is 0 Å². The van der Waals surface area contributed by atoms with E-state index in [4.69, 9.17) is 4.74 Å². The third-order valence-corrected chi connectivity index (χ3v) is 4.40. The van der Waals surface area contributed by atoms with Crippen LogP contribution in [0.25, 0.3) is 0 Å². The van der Waals surface area contributed by atoms with Crippen LogP contribution in [0, 0.1) is 5.92 Å². The molecule has 1 aliphatic heterocycles. The van der Waals surface area contributed by atoms with Crippen LogP contribution in [0.15, 0.2) is 48.6 Å². The van der Waals surface area contributed by atoms with E-state index in [2.05, 4.69) is 62.6 Å². The number of allylic oxidation sites excluding steroid dienone is 3. The van der Waals surface area contributed by atoms with Crippen molar-refractivity contribution in [3.05, 3.63) is 54.1 Å². The lowest BCUT2D eigenvalue weighted by molar-refractivity contribution is 0.402. The lowest BCUT2D eigenvalue weighted by atomic mass is 10.0. The zero-order chi connectivity index (χ0) is 15.9. The maximum atomic E-state index is 5.42. The summed E-state index contributed by atoms with van der Waals surface area (Å²) in [5, 5.41) is 0. The van der Waals surface area contributed by atoms with Gasteiger partial charge >= 0.3 is 0 Å². The molecule has 0 bridgehead atoms. The summed E-state index contributed by atoms with van der Waals surface area (Å²) in [6.07, 6.45) is 6.66. The molecular formula is C20H29NO. The molecule has 1 saturated heterocycles. The number of ether oxygens (including phenoxy) is 1. The van der Waals surface area contributed by atoms with E-state index in [1.807, 2.05) is 6.08 Å². The molecule has 22 heavy (non-hydrogen) atoms. The van der Waals surface area contributed by atoms with Crippen molar-refractivity contribution in [2.24, 2.45) is 5.92 Å². The minimum absolute atomic E-state index is 0.430. The van der Waals surface area contributed by atoms with Crippen molar-refractivity contribution in [1.82, 2.24) is 0 Å². The highest BCUT2D eigenvalue weighted by atomic mass is 16.6. The van der Waals surface area contributed by atoms with Crippen LogP contribution in [0.1, 0.15) is 32.8 Å². The van der Waals surface area contributed by atoms with E-state index < -0.39 is 0 Å². The zero-order valence-corrected chi connectivity index (χ0v) is 14.2. The molecule has 2 heteroatoms. The first-order valence-corrected chi connectivity index (χ1v) is 8.39. The molecule has 0 N–H and O–H groups in total. The molecule has 0 aliphatic carbocycles. The summed E-state index contributed by atoms with van der Waals surface area (Å²) in [5.74, 6) is 0.703. The zero-order valence-electron chi connectivity index (χ0n) is 14.2. The van der Waals surface area contributed by atoms with Gasteiger partial charge in [-0.1, -0.05) is 51.1 Å². The average Bonchev–Trinajstić information content (AvgIpc) is 3.36. The molecule has 1 aromatic carbocycles. The third-order valence-electron chi connectivity index (χ3n) is 4.40. The minimum Gasteiger partial charge on any atom is -0.371 e. The molecule has 2 rings (SSSR count). The van der Waals surface area contributed by atoms with Gasteiger partial charge in [-0.05, 0) is 42.5 Å². The minimum atomic E-state index is 0.430. The summed E-state index contributed by atoms with van der Waals surface area (Å²) in [6, 6.07) is 8.96. The molecule has 1 aliphatic rings. The fourth-order valence-electron chi connectivity index (χ4n) is 2.56. The molecule has 120 valence electrons. The van der Waals surface area contributed by atoms with Crippen molar-refractivity contribution in [3.63, 3.8) is 0 Å². The number of hydrogen-bond acceptors (Lipinski definition) is 2. The third kappa shape index (κ3) is 5.03. The molecule has 0 amide bonds. The molecule has 2 nitrogen and oxygen atoms in total. The van der Waals surface area contributed by atoms with Crippen LogP contribution in [0.2, 0.25) is 0 Å². The monoisotopic (exact) mass is 299 g/mol. The van der Waals surface area contributed by atoms with Gasteiger partial charge in [0.1, 0.15) is 0 Å². The lowest BCUT2D eigenvalue weighted by Crippen LogP contribution is -2.32. The molecule has 0 saturated carbocycles. The van der Waals surface area contributed by atoms with Crippen LogP contribution in [0.5, 0.6) is 0 Å². The molecule has 2 atom stereocenters. The van der Waals surface area contributed by atoms with Gasteiger partial charge < -0.3 is 9.64 Å². The largest absolute Gasteiger partial charge is 0.371 e. The molecular weight excluding hydrogens is 270 g/mol. The highest BCUT2D eigenvalue weighted by Gasteiger charge is 2.26. The number of benzene rings is 1. The number of rotatable bonds is 9. The maximum absolute atomic E-state index is 5.42. The van der Waals surface area contributed by atoms with Gasteiger partial charge in [-0.3, -0.25) is 0 Å². The van der Waals surface area contributed by atoms with Gasteiger partial charge in [-0.25, -0.2) is 0 Å². The Morgan fingerprint density at radius 1 is 1.41 bits per heavy atom. The summed E-state index contributed by atoms with van der Waals surface area (Å²) >= 11 is 0. The first-order chi connectivity index (χ1) is 10.7. The predicted octanol–water partition coefficient (Wildman–Crippen LogP) is 4.61. The standard InChI is InChI=1S/C20H29NO/c1-5-16(4)13-21(14-20-15-22-20)19-10-8-18(9-11-19)12-17(6-2)7-3/h6-11,16,20H,2,5,12-15H2,1,3-4H3/b17-7+. The van der Waals surface area contributed by atoms with Gasteiger partial charge in [0, 0.05) is 18.8 Å². The topological polar surface area (TPSA) is 15.8 Å². The van der Waals surface area contributed by atoms with Gasteiger partial charge in [0.25, 0.3) is 0 Å². The van der Waals surface area contributed by atoms with Crippen molar-refractivity contribution in [2.45, 2.75) is 39.7 Å². The van der Waals surface area contributed by atoms with Crippen LogP contribution in [0.4, 0.5) is 5.69 Å². The molecule has 1 aromatic rings. The molecule has 0 radical (unpaired) electrons. The fourth-order valence-corrected chi connectivity index (χ4v) is 2.56. The SMILES string of the molecule is C=C/C(=C\C)Cc1ccc(N(CC(C)CC)CC2CO2)cc1.